The van der Waals surface area contributed by atoms with Crippen LogP contribution >= 0.6 is 24.0 Å². The average Bonchev–Trinajstić information content (AvgIpc) is 2.70. The minimum atomic E-state index is -0.107. The summed E-state index contributed by atoms with van der Waals surface area (Å²) in [6.45, 7) is 5.46. The van der Waals surface area contributed by atoms with Crippen LogP contribution in [0.5, 0.6) is 11.5 Å². The maximum Gasteiger partial charge on any atom is 0.251 e. The van der Waals surface area contributed by atoms with Crippen molar-refractivity contribution in [3.8, 4) is 11.5 Å². The number of carbonyl (C=O) groups excluding carboxylic acids is 1. The van der Waals surface area contributed by atoms with Gasteiger partial charge in [-0.1, -0.05) is 12.1 Å². The van der Waals surface area contributed by atoms with E-state index >= 15 is 0 Å². The molecule has 0 fully saturated rings. The lowest BCUT2D eigenvalue weighted by Crippen LogP contribution is -2.23. The van der Waals surface area contributed by atoms with Gasteiger partial charge in [-0.2, -0.15) is 0 Å². The van der Waals surface area contributed by atoms with Gasteiger partial charge in [0.25, 0.3) is 5.91 Å². The quantitative estimate of drug-likeness (QED) is 0.272. The molecule has 0 aromatic heterocycles. The Morgan fingerprint density at radius 2 is 1.86 bits per heavy atom. The monoisotopic (exact) mass is 512 g/mol. The Morgan fingerprint density at radius 3 is 2.55 bits per heavy atom. The highest BCUT2D eigenvalue weighted by Crippen LogP contribution is 2.29. The molecular formula is C21H29IN4O3. The number of hydrogen-bond acceptors (Lipinski definition) is 4. The van der Waals surface area contributed by atoms with Crippen molar-refractivity contribution in [2.75, 3.05) is 32.1 Å². The first-order valence-corrected chi connectivity index (χ1v) is 9.35. The summed E-state index contributed by atoms with van der Waals surface area (Å²) < 4.78 is 11.2. The molecule has 0 saturated heterocycles. The highest BCUT2D eigenvalue weighted by Gasteiger charge is 2.07. The van der Waals surface area contributed by atoms with Crippen LogP contribution in [0.1, 0.15) is 29.8 Å². The molecule has 2 aromatic rings. The van der Waals surface area contributed by atoms with Crippen LogP contribution in [0.25, 0.3) is 0 Å². The number of nitrogens with two attached hydrogens (primary N) is 1. The maximum absolute atomic E-state index is 11.7. The predicted molar refractivity (Wildman–Crippen MR) is 128 cm³/mol. The van der Waals surface area contributed by atoms with Crippen molar-refractivity contribution in [2.45, 2.75) is 20.3 Å². The second kappa shape index (κ2) is 12.9. The lowest BCUT2D eigenvalue weighted by atomic mass is 10.1. The second-order valence-electron chi connectivity index (χ2n) is 5.95. The Bertz CT molecular complexity index is 827. The van der Waals surface area contributed by atoms with Gasteiger partial charge in [-0.15, -0.1) is 24.0 Å². The SMILES string of the molecule is CCOc1ccc(OCC)c(NC(N)=NCCc2cccc(C(=O)NC)c2)c1.I. The zero-order chi connectivity index (χ0) is 20.4. The summed E-state index contributed by atoms with van der Waals surface area (Å²) >= 11 is 0. The molecule has 0 aliphatic rings. The van der Waals surface area contributed by atoms with Gasteiger partial charge in [0.05, 0.1) is 18.9 Å². The molecule has 158 valence electrons. The lowest BCUT2D eigenvalue weighted by Gasteiger charge is -2.14. The zero-order valence-electron chi connectivity index (χ0n) is 17.0. The number of benzene rings is 2. The average molecular weight is 512 g/mol. The number of hydrogen-bond donors (Lipinski definition) is 3. The summed E-state index contributed by atoms with van der Waals surface area (Å²) in [6, 6.07) is 13.0. The van der Waals surface area contributed by atoms with Crippen LogP contribution in [0.2, 0.25) is 0 Å². The number of anilines is 1. The number of guanidine groups is 1. The number of halogens is 1. The zero-order valence-corrected chi connectivity index (χ0v) is 19.4. The highest BCUT2D eigenvalue weighted by molar-refractivity contribution is 14.0. The van der Waals surface area contributed by atoms with Crippen LogP contribution < -0.4 is 25.8 Å². The van der Waals surface area contributed by atoms with E-state index in [2.05, 4.69) is 15.6 Å². The van der Waals surface area contributed by atoms with Crippen molar-refractivity contribution in [1.29, 1.82) is 0 Å². The first kappa shape index (κ1) is 24.5. The predicted octanol–water partition coefficient (Wildman–Crippen LogP) is 3.43. The van der Waals surface area contributed by atoms with Gasteiger partial charge in [-0.25, -0.2) is 0 Å². The maximum atomic E-state index is 11.7. The molecule has 0 saturated carbocycles. The second-order valence-corrected chi connectivity index (χ2v) is 5.95. The molecule has 2 aromatic carbocycles. The summed E-state index contributed by atoms with van der Waals surface area (Å²) in [7, 11) is 1.61. The van der Waals surface area contributed by atoms with Gasteiger partial charge in [0.15, 0.2) is 5.96 Å². The van der Waals surface area contributed by atoms with E-state index in [0.29, 0.717) is 43.2 Å². The molecule has 0 atom stereocenters. The first-order chi connectivity index (χ1) is 13.6. The van der Waals surface area contributed by atoms with Gasteiger partial charge in [0.2, 0.25) is 0 Å². The fraction of sp³-hybridized carbons (Fsp3) is 0.333. The number of carbonyl (C=O) groups is 1. The van der Waals surface area contributed by atoms with Crippen LogP contribution in [-0.2, 0) is 6.42 Å². The lowest BCUT2D eigenvalue weighted by molar-refractivity contribution is 0.0963. The molecule has 29 heavy (non-hydrogen) atoms. The van der Waals surface area contributed by atoms with E-state index in [9.17, 15) is 4.79 Å². The minimum Gasteiger partial charge on any atom is -0.494 e. The Kier molecular flexibility index (Phi) is 10.9. The van der Waals surface area contributed by atoms with Gasteiger partial charge < -0.3 is 25.8 Å². The van der Waals surface area contributed by atoms with Crippen LogP contribution in [0, 0.1) is 0 Å². The van der Waals surface area contributed by atoms with E-state index < -0.39 is 0 Å². The summed E-state index contributed by atoms with van der Waals surface area (Å²) in [5.74, 6) is 1.59. The van der Waals surface area contributed by atoms with Gasteiger partial charge in [0.1, 0.15) is 11.5 Å². The topological polar surface area (TPSA) is 98.0 Å². The van der Waals surface area contributed by atoms with E-state index in [0.717, 1.165) is 11.3 Å². The molecule has 8 heteroatoms. The molecule has 0 aliphatic carbocycles. The van der Waals surface area contributed by atoms with Crippen LogP contribution in [0.4, 0.5) is 5.69 Å². The third kappa shape index (κ3) is 7.80. The smallest absolute Gasteiger partial charge is 0.251 e. The Morgan fingerprint density at radius 1 is 1.10 bits per heavy atom. The van der Waals surface area contributed by atoms with E-state index in [1.54, 1.807) is 13.1 Å². The largest absolute Gasteiger partial charge is 0.494 e. The number of amides is 1. The standard InChI is InChI=1S/C21H28N4O3.HI/c1-4-27-17-9-10-19(28-5-2)18(14-17)25-21(22)24-12-11-15-7-6-8-16(13-15)20(26)23-3;/h6-10,13-14H,4-5,11-12H2,1-3H3,(H,23,26)(H3,22,24,25);1H. The molecule has 0 spiro atoms. The number of nitrogens with zero attached hydrogens (tertiary/aromatic N) is 1. The third-order valence-electron chi connectivity index (χ3n) is 3.92. The fourth-order valence-corrected chi connectivity index (χ4v) is 2.64. The Balaban J connectivity index is 0.00000420. The van der Waals surface area contributed by atoms with Crippen LogP contribution in [0.15, 0.2) is 47.5 Å². The van der Waals surface area contributed by atoms with E-state index in [1.165, 1.54) is 0 Å². The van der Waals surface area contributed by atoms with Crippen LogP contribution in [-0.4, -0.2) is 38.7 Å². The summed E-state index contributed by atoms with van der Waals surface area (Å²) in [5.41, 5.74) is 8.39. The Labute approximate surface area is 189 Å². The first-order valence-electron chi connectivity index (χ1n) is 9.35. The van der Waals surface area contributed by atoms with Crippen molar-refractivity contribution < 1.29 is 14.3 Å². The van der Waals surface area contributed by atoms with Crippen molar-refractivity contribution in [2.24, 2.45) is 10.7 Å². The summed E-state index contributed by atoms with van der Waals surface area (Å²) in [6.07, 6.45) is 0.671. The van der Waals surface area contributed by atoms with Crippen molar-refractivity contribution >= 4 is 41.5 Å². The minimum absolute atomic E-state index is 0. The molecule has 1 amide bonds. The van der Waals surface area contributed by atoms with Gasteiger partial charge in [-0.3, -0.25) is 9.79 Å². The van der Waals surface area contributed by atoms with Crippen molar-refractivity contribution in [1.82, 2.24) is 5.32 Å². The van der Waals surface area contributed by atoms with Crippen LogP contribution in [0.3, 0.4) is 0 Å². The summed E-state index contributed by atoms with van der Waals surface area (Å²) in [4.78, 5) is 16.1. The molecular weight excluding hydrogens is 483 g/mol. The van der Waals surface area contributed by atoms with Gasteiger partial charge in [0, 0.05) is 25.2 Å². The summed E-state index contributed by atoms with van der Waals surface area (Å²) in [5, 5.41) is 5.70. The molecule has 0 aliphatic heterocycles. The van der Waals surface area contributed by atoms with Gasteiger partial charge >= 0.3 is 0 Å². The Hall–Kier alpha value is -2.49. The third-order valence-corrected chi connectivity index (χ3v) is 3.92. The van der Waals surface area contributed by atoms with E-state index in [-0.39, 0.29) is 35.8 Å². The molecule has 2 rings (SSSR count). The molecule has 0 bridgehead atoms. The number of nitrogens with one attached hydrogen (secondary N) is 2. The highest BCUT2D eigenvalue weighted by atomic mass is 127. The van der Waals surface area contributed by atoms with Gasteiger partial charge in [-0.05, 0) is 50.1 Å². The fourth-order valence-electron chi connectivity index (χ4n) is 2.64. The molecule has 0 unspecified atom stereocenters. The van der Waals surface area contributed by atoms with Crippen molar-refractivity contribution in [3.63, 3.8) is 0 Å². The number of ether oxygens (including phenoxy) is 2. The molecule has 0 radical (unpaired) electrons. The van der Waals surface area contributed by atoms with E-state index in [4.69, 9.17) is 15.2 Å². The number of rotatable bonds is 9. The van der Waals surface area contributed by atoms with Crippen molar-refractivity contribution in [3.05, 3.63) is 53.6 Å². The molecule has 7 nitrogen and oxygen atoms in total. The molecule has 4 N–H and O–H groups in total. The normalized spacial score (nSPS) is 10.7. The number of aliphatic imine (C=N–C) groups is 1. The molecule has 0 heterocycles. The van der Waals surface area contributed by atoms with E-state index in [1.807, 2.05) is 50.2 Å².